The minimum atomic E-state index is -3.51. The van der Waals surface area contributed by atoms with Gasteiger partial charge in [-0.3, -0.25) is 0 Å². The molecule has 2 aromatic rings. The van der Waals surface area contributed by atoms with Gasteiger partial charge in [0.25, 0.3) is 10.0 Å². The summed E-state index contributed by atoms with van der Waals surface area (Å²) in [6.07, 6.45) is -0.832. The van der Waals surface area contributed by atoms with Crippen molar-refractivity contribution in [1.29, 1.82) is 0 Å². The van der Waals surface area contributed by atoms with Gasteiger partial charge in [-0.25, -0.2) is 8.42 Å². The minimum Gasteiger partial charge on any atom is -0.387 e. The van der Waals surface area contributed by atoms with E-state index >= 15 is 0 Å². The molecule has 0 saturated carbocycles. The Morgan fingerprint density at radius 2 is 1.89 bits per heavy atom. The smallest absolute Gasteiger partial charge is 0.252 e. The Labute approximate surface area is 117 Å². The zero-order chi connectivity index (χ0) is 13.9. The van der Waals surface area contributed by atoms with Gasteiger partial charge in [0.15, 0.2) is 0 Å². The van der Waals surface area contributed by atoms with Gasteiger partial charge in [0.05, 0.1) is 6.10 Å². The van der Waals surface area contributed by atoms with Gasteiger partial charge in [0.2, 0.25) is 0 Å². The molecule has 0 amide bonds. The Balaban J connectivity index is 2.12. The second-order valence-electron chi connectivity index (χ2n) is 4.14. The van der Waals surface area contributed by atoms with Crippen LogP contribution in [0.4, 0.5) is 0 Å². The van der Waals surface area contributed by atoms with E-state index in [-0.39, 0.29) is 10.8 Å². The first-order chi connectivity index (χ1) is 9.01. The Hall–Kier alpha value is -1.21. The van der Waals surface area contributed by atoms with E-state index in [0.717, 1.165) is 0 Å². The molecule has 2 rings (SSSR count). The van der Waals surface area contributed by atoms with Crippen molar-refractivity contribution in [3.05, 3.63) is 53.4 Å². The fourth-order valence-corrected chi connectivity index (χ4v) is 4.06. The number of aliphatic hydroxyl groups excluding tert-OH is 1. The molecule has 1 atom stereocenters. The number of rotatable bonds is 5. The minimum absolute atomic E-state index is 0.0320. The highest BCUT2D eigenvalue weighted by molar-refractivity contribution is 7.91. The average molecular weight is 297 g/mol. The van der Waals surface area contributed by atoms with Gasteiger partial charge in [-0.1, -0.05) is 36.4 Å². The third kappa shape index (κ3) is 3.22. The van der Waals surface area contributed by atoms with Gasteiger partial charge in [-0.15, -0.1) is 11.3 Å². The molecule has 0 aliphatic carbocycles. The third-order valence-corrected chi connectivity index (χ3v) is 5.97. The fourth-order valence-electron chi connectivity index (χ4n) is 1.69. The molecule has 0 bridgehead atoms. The number of aliphatic hydroxyl groups is 1. The van der Waals surface area contributed by atoms with E-state index in [9.17, 15) is 13.5 Å². The summed E-state index contributed by atoms with van der Waals surface area (Å²) in [5.41, 5.74) is 0.704. The van der Waals surface area contributed by atoms with Crippen molar-refractivity contribution >= 4 is 21.4 Å². The van der Waals surface area contributed by atoms with E-state index in [1.807, 2.05) is 18.2 Å². The maximum atomic E-state index is 12.2. The van der Waals surface area contributed by atoms with E-state index in [2.05, 4.69) is 0 Å². The van der Waals surface area contributed by atoms with Crippen molar-refractivity contribution in [1.82, 2.24) is 4.31 Å². The van der Waals surface area contributed by atoms with Crippen LogP contribution in [0.5, 0.6) is 0 Å². The quantitative estimate of drug-likeness (QED) is 0.919. The first-order valence-electron chi connectivity index (χ1n) is 5.74. The Bertz CT molecular complexity index is 609. The van der Waals surface area contributed by atoms with Crippen LogP contribution in [0, 0.1) is 0 Å². The summed E-state index contributed by atoms with van der Waals surface area (Å²) in [6, 6.07) is 12.3. The van der Waals surface area contributed by atoms with Crippen LogP contribution in [-0.4, -0.2) is 31.4 Å². The molecule has 0 fully saturated rings. The summed E-state index contributed by atoms with van der Waals surface area (Å²) in [5.74, 6) is 0. The highest BCUT2D eigenvalue weighted by Crippen LogP contribution is 2.22. The van der Waals surface area contributed by atoms with E-state index in [1.165, 1.54) is 22.7 Å². The van der Waals surface area contributed by atoms with Crippen LogP contribution in [0.2, 0.25) is 0 Å². The summed E-state index contributed by atoms with van der Waals surface area (Å²) < 4.78 is 25.8. The molecule has 1 aromatic heterocycles. The van der Waals surface area contributed by atoms with Crippen molar-refractivity contribution in [2.45, 2.75) is 10.3 Å². The van der Waals surface area contributed by atoms with Gasteiger partial charge >= 0.3 is 0 Å². The van der Waals surface area contributed by atoms with Crippen molar-refractivity contribution < 1.29 is 13.5 Å². The SMILES string of the molecule is CN(CC(O)c1ccccc1)S(=O)(=O)c1cccs1. The van der Waals surface area contributed by atoms with Crippen LogP contribution in [-0.2, 0) is 10.0 Å². The lowest BCUT2D eigenvalue weighted by Crippen LogP contribution is -2.30. The van der Waals surface area contributed by atoms with Crippen molar-refractivity contribution in [3.63, 3.8) is 0 Å². The number of hydrogen-bond donors (Lipinski definition) is 1. The summed E-state index contributed by atoms with van der Waals surface area (Å²) in [5, 5.41) is 11.8. The van der Waals surface area contributed by atoms with Crippen LogP contribution in [0.1, 0.15) is 11.7 Å². The standard InChI is InChI=1S/C13H15NO3S2/c1-14(19(16,17)13-8-5-9-18-13)10-12(15)11-6-3-2-4-7-11/h2-9,12,15H,10H2,1H3. The van der Waals surface area contributed by atoms with Gasteiger partial charge in [-0.05, 0) is 17.0 Å². The molecule has 1 heterocycles. The van der Waals surface area contributed by atoms with E-state index in [4.69, 9.17) is 0 Å². The Morgan fingerprint density at radius 1 is 1.21 bits per heavy atom. The summed E-state index contributed by atoms with van der Waals surface area (Å²) in [7, 11) is -2.03. The molecule has 6 heteroatoms. The molecule has 0 spiro atoms. The summed E-state index contributed by atoms with van der Waals surface area (Å²) in [4.78, 5) is 0. The molecule has 4 nitrogen and oxygen atoms in total. The Morgan fingerprint density at radius 3 is 2.47 bits per heavy atom. The van der Waals surface area contributed by atoms with Crippen LogP contribution in [0.3, 0.4) is 0 Å². The fraction of sp³-hybridized carbons (Fsp3) is 0.231. The molecule has 0 saturated heterocycles. The maximum Gasteiger partial charge on any atom is 0.252 e. The normalized spacial score (nSPS) is 13.6. The zero-order valence-corrected chi connectivity index (χ0v) is 12.1. The summed E-state index contributed by atoms with van der Waals surface area (Å²) in [6.45, 7) is 0.0320. The van der Waals surface area contributed by atoms with Crippen LogP contribution in [0.25, 0.3) is 0 Å². The van der Waals surface area contributed by atoms with Gasteiger partial charge in [0, 0.05) is 13.6 Å². The lowest BCUT2D eigenvalue weighted by Gasteiger charge is -2.20. The predicted molar refractivity (Wildman–Crippen MR) is 75.5 cm³/mol. The van der Waals surface area contributed by atoms with Crippen LogP contribution in [0.15, 0.2) is 52.1 Å². The number of benzene rings is 1. The first-order valence-corrected chi connectivity index (χ1v) is 8.06. The zero-order valence-electron chi connectivity index (χ0n) is 10.4. The van der Waals surface area contributed by atoms with E-state index < -0.39 is 16.1 Å². The van der Waals surface area contributed by atoms with Crippen LogP contribution >= 0.6 is 11.3 Å². The third-order valence-electron chi connectivity index (χ3n) is 2.77. The molecule has 102 valence electrons. The Kier molecular flexibility index (Phi) is 4.36. The molecular weight excluding hydrogens is 282 g/mol. The second kappa shape index (κ2) is 5.83. The largest absolute Gasteiger partial charge is 0.387 e. The van der Waals surface area contributed by atoms with Crippen molar-refractivity contribution in [2.24, 2.45) is 0 Å². The number of thiophene rings is 1. The monoisotopic (exact) mass is 297 g/mol. The number of likely N-dealkylation sites (N-methyl/N-ethyl adjacent to an activating group) is 1. The average Bonchev–Trinajstić information content (AvgIpc) is 2.94. The highest BCUT2D eigenvalue weighted by atomic mass is 32.2. The van der Waals surface area contributed by atoms with Gasteiger partial charge in [0.1, 0.15) is 4.21 Å². The molecule has 1 N–H and O–H groups in total. The second-order valence-corrected chi connectivity index (χ2v) is 7.36. The van der Waals surface area contributed by atoms with Crippen LogP contribution < -0.4 is 0 Å². The highest BCUT2D eigenvalue weighted by Gasteiger charge is 2.24. The molecule has 19 heavy (non-hydrogen) atoms. The summed E-state index contributed by atoms with van der Waals surface area (Å²) >= 11 is 1.17. The molecular formula is C13H15NO3S2. The van der Waals surface area contributed by atoms with Crippen molar-refractivity contribution in [2.75, 3.05) is 13.6 Å². The number of nitrogens with zero attached hydrogens (tertiary/aromatic N) is 1. The maximum absolute atomic E-state index is 12.2. The predicted octanol–water partition coefficient (Wildman–Crippen LogP) is 2.10. The first kappa shape index (κ1) is 14.2. The molecule has 1 unspecified atom stereocenters. The molecule has 1 aromatic carbocycles. The molecule has 0 aliphatic heterocycles. The van der Waals surface area contributed by atoms with E-state index in [1.54, 1.807) is 29.6 Å². The van der Waals surface area contributed by atoms with Gasteiger partial charge in [-0.2, -0.15) is 4.31 Å². The topological polar surface area (TPSA) is 57.6 Å². The molecule has 0 radical (unpaired) electrons. The number of sulfonamides is 1. The number of hydrogen-bond acceptors (Lipinski definition) is 4. The van der Waals surface area contributed by atoms with E-state index in [0.29, 0.717) is 5.56 Å². The van der Waals surface area contributed by atoms with Gasteiger partial charge < -0.3 is 5.11 Å². The lowest BCUT2D eigenvalue weighted by molar-refractivity contribution is 0.155. The van der Waals surface area contributed by atoms with Crippen molar-refractivity contribution in [3.8, 4) is 0 Å². The molecule has 0 aliphatic rings. The lowest BCUT2D eigenvalue weighted by atomic mass is 10.1.